The lowest BCUT2D eigenvalue weighted by molar-refractivity contribution is -0.123. The summed E-state index contributed by atoms with van der Waals surface area (Å²) in [6, 6.07) is 16.6. The van der Waals surface area contributed by atoms with Crippen molar-refractivity contribution in [2.45, 2.75) is 19.4 Å². The van der Waals surface area contributed by atoms with E-state index in [4.69, 9.17) is 9.79 Å². The van der Waals surface area contributed by atoms with E-state index in [0.717, 1.165) is 30.7 Å². The number of aryl methyl sites for hydroxylation is 1. The summed E-state index contributed by atoms with van der Waals surface area (Å²) in [5.74, 6) is 1.57. The van der Waals surface area contributed by atoms with Gasteiger partial charge < -0.3 is 9.42 Å². The average molecular weight is 448 g/mol. The van der Waals surface area contributed by atoms with Crippen LogP contribution in [0.2, 0.25) is 0 Å². The Labute approximate surface area is 180 Å². The Bertz CT molecular complexity index is 915. The molecule has 0 bridgehead atoms. The minimum absolute atomic E-state index is 0.00508. The van der Waals surface area contributed by atoms with E-state index in [1.165, 1.54) is 17.7 Å². The molecule has 1 heterocycles. The van der Waals surface area contributed by atoms with Gasteiger partial charge in [0.05, 0.1) is 6.54 Å². The van der Waals surface area contributed by atoms with E-state index in [2.05, 4.69) is 21.6 Å². The highest BCUT2D eigenvalue weighted by atomic mass is 32.2. The molecule has 0 spiro atoms. The quantitative estimate of drug-likeness (QED) is 0.601. The number of aliphatic imine (C=N–C) groups is 1. The number of nitrogens with zero attached hydrogens (tertiary/aromatic N) is 2. The van der Waals surface area contributed by atoms with Crippen molar-refractivity contribution in [3.8, 4) is 5.75 Å². The zero-order valence-electron chi connectivity index (χ0n) is 16.5. The molecule has 0 atom stereocenters. The van der Waals surface area contributed by atoms with E-state index in [1.54, 1.807) is 23.9 Å². The topological polar surface area (TPSA) is 99.4 Å². The molecule has 1 saturated heterocycles. The maximum absolute atomic E-state index is 12.9. The Hall–Kier alpha value is -2.12. The third kappa shape index (κ3) is 7.29. The maximum atomic E-state index is 12.9. The van der Waals surface area contributed by atoms with Gasteiger partial charge in [-0.3, -0.25) is 19.6 Å². The van der Waals surface area contributed by atoms with Gasteiger partial charge in [-0.25, -0.2) is 4.57 Å². The highest BCUT2D eigenvalue weighted by Gasteiger charge is 2.22. The second-order valence-corrected chi connectivity index (χ2v) is 9.19. The molecule has 1 aliphatic heterocycles. The molecule has 9 heteroatoms. The van der Waals surface area contributed by atoms with Crippen LogP contribution in [0.4, 0.5) is 0 Å². The standard InChI is InChI=1S/C21H25N2O5PS/c24-21-20(22-15-18-8-10-19(11-9-18)28-29(25,26)27)16-30-14-13-23(21)12-4-7-17-5-2-1-3-6-17/h1-3,5-6,8-11H,4,7,12-16H2,(H2,25,26,27). The molecule has 0 radical (unpaired) electrons. The molecule has 0 unspecified atom stereocenters. The fraction of sp³-hybridized carbons (Fsp3) is 0.333. The average Bonchev–Trinajstić information content (AvgIpc) is 2.89. The normalized spacial score (nSPS) is 16.5. The summed E-state index contributed by atoms with van der Waals surface area (Å²) < 4.78 is 15.4. The lowest BCUT2D eigenvalue weighted by atomic mass is 10.1. The third-order valence-corrected chi connectivity index (χ3v) is 6.01. The van der Waals surface area contributed by atoms with Crippen molar-refractivity contribution in [3.05, 3.63) is 65.7 Å². The number of carbonyl (C=O) groups excluding carboxylic acids is 1. The van der Waals surface area contributed by atoms with Crippen LogP contribution in [0.5, 0.6) is 5.75 Å². The van der Waals surface area contributed by atoms with E-state index in [-0.39, 0.29) is 11.7 Å². The molecule has 160 valence electrons. The molecule has 7 nitrogen and oxygen atoms in total. The maximum Gasteiger partial charge on any atom is 0.524 e. The van der Waals surface area contributed by atoms with Crippen molar-refractivity contribution in [2.24, 2.45) is 4.99 Å². The number of rotatable bonds is 8. The zero-order valence-corrected chi connectivity index (χ0v) is 18.2. The first kappa shape index (κ1) is 22.6. The first-order chi connectivity index (χ1) is 14.4. The van der Waals surface area contributed by atoms with Gasteiger partial charge in [0.15, 0.2) is 0 Å². The molecule has 2 aromatic rings. The van der Waals surface area contributed by atoms with Crippen LogP contribution in [0.15, 0.2) is 59.6 Å². The van der Waals surface area contributed by atoms with Crippen molar-refractivity contribution in [1.29, 1.82) is 0 Å². The van der Waals surface area contributed by atoms with Gasteiger partial charge in [-0.1, -0.05) is 42.5 Å². The number of hydrogen-bond donors (Lipinski definition) is 2. The van der Waals surface area contributed by atoms with E-state index in [0.29, 0.717) is 24.6 Å². The van der Waals surface area contributed by atoms with Crippen LogP contribution in [-0.2, 0) is 22.3 Å². The molecule has 0 saturated carbocycles. The fourth-order valence-corrected chi connectivity index (χ4v) is 4.41. The van der Waals surface area contributed by atoms with E-state index >= 15 is 0 Å². The Balaban J connectivity index is 1.56. The molecule has 2 N–H and O–H groups in total. The molecule has 0 aromatic heterocycles. The van der Waals surface area contributed by atoms with Crippen molar-refractivity contribution in [3.63, 3.8) is 0 Å². The van der Waals surface area contributed by atoms with Gasteiger partial charge in [-0.15, -0.1) is 0 Å². The predicted octanol–water partition coefficient (Wildman–Crippen LogP) is 3.31. The summed E-state index contributed by atoms with van der Waals surface area (Å²) >= 11 is 1.71. The van der Waals surface area contributed by atoms with Crippen LogP contribution < -0.4 is 4.52 Å². The first-order valence-electron chi connectivity index (χ1n) is 9.69. The van der Waals surface area contributed by atoms with Crippen molar-refractivity contribution < 1.29 is 23.7 Å². The monoisotopic (exact) mass is 448 g/mol. The second-order valence-electron chi connectivity index (χ2n) is 6.92. The summed E-state index contributed by atoms with van der Waals surface area (Å²) in [6.45, 7) is 1.77. The smallest absolute Gasteiger partial charge is 0.404 e. The Morgan fingerprint density at radius 3 is 2.50 bits per heavy atom. The third-order valence-electron chi connectivity index (χ3n) is 4.61. The summed E-state index contributed by atoms with van der Waals surface area (Å²) in [5, 5.41) is 0. The minimum Gasteiger partial charge on any atom is -0.404 e. The molecule has 3 rings (SSSR count). The van der Waals surface area contributed by atoms with E-state index < -0.39 is 7.82 Å². The number of thioether (sulfide) groups is 1. The van der Waals surface area contributed by atoms with Crippen molar-refractivity contribution >= 4 is 31.2 Å². The summed E-state index contributed by atoms with van der Waals surface area (Å²) in [5.41, 5.74) is 2.67. The van der Waals surface area contributed by atoms with Crippen LogP contribution in [0.25, 0.3) is 0 Å². The lowest BCUT2D eigenvalue weighted by Gasteiger charge is -2.20. The minimum atomic E-state index is -4.57. The van der Waals surface area contributed by atoms with Crippen LogP contribution in [0.3, 0.4) is 0 Å². The Morgan fingerprint density at radius 1 is 1.07 bits per heavy atom. The number of carbonyl (C=O) groups is 1. The molecule has 1 fully saturated rings. The van der Waals surface area contributed by atoms with Crippen LogP contribution in [0.1, 0.15) is 17.5 Å². The van der Waals surface area contributed by atoms with Gasteiger partial charge in [0.2, 0.25) is 0 Å². The first-order valence-corrected chi connectivity index (χ1v) is 12.4. The largest absolute Gasteiger partial charge is 0.524 e. The van der Waals surface area contributed by atoms with Crippen molar-refractivity contribution in [1.82, 2.24) is 4.90 Å². The second kappa shape index (κ2) is 10.8. The lowest BCUT2D eigenvalue weighted by Crippen LogP contribution is -2.37. The van der Waals surface area contributed by atoms with E-state index in [1.807, 2.05) is 23.1 Å². The molecule has 1 amide bonds. The Morgan fingerprint density at radius 2 is 1.80 bits per heavy atom. The van der Waals surface area contributed by atoms with Gasteiger partial charge in [0.1, 0.15) is 11.5 Å². The summed E-state index contributed by atoms with van der Waals surface area (Å²) in [6.07, 6.45) is 1.85. The van der Waals surface area contributed by atoms with Crippen molar-refractivity contribution in [2.75, 3.05) is 24.6 Å². The number of amides is 1. The van der Waals surface area contributed by atoms with Gasteiger partial charge in [0.25, 0.3) is 5.91 Å². The number of phosphoric ester groups is 1. The Kier molecular flexibility index (Phi) is 8.10. The summed E-state index contributed by atoms with van der Waals surface area (Å²) in [4.78, 5) is 37.0. The van der Waals surface area contributed by atoms with E-state index in [9.17, 15) is 9.36 Å². The van der Waals surface area contributed by atoms with Crippen LogP contribution >= 0.6 is 19.6 Å². The molecule has 1 aliphatic rings. The van der Waals surface area contributed by atoms with Gasteiger partial charge >= 0.3 is 7.82 Å². The molecule has 2 aromatic carbocycles. The highest BCUT2D eigenvalue weighted by molar-refractivity contribution is 8.00. The van der Waals surface area contributed by atoms with Gasteiger partial charge in [-0.05, 0) is 36.1 Å². The predicted molar refractivity (Wildman–Crippen MR) is 119 cm³/mol. The zero-order chi connectivity index (χ0) is 21.4. The molecule has 0 aliphatic carbocycles. The van der Waals surface area contributed by atoms with Crippen LogP contribution in [-0.4, -0.2) is 50.9 Å². The summed E-state index contributed by atoms with van der Waals surface area (Å²) in [7, 11) is -4.57. The number of phosphoric acid groups is 1. The number of hydrogen-bond acceptors (Lipinski definition) is 5. The van der Waals surface area contributed by atoms with Crippen LogP contribution in [0, 0.1) is 0 Å². The van der Waals surface area contributed by atoms with Gasteiger partial charge in [-0.2, -0.15) is 11.8 Å². The molecular formula is C21H25N2O5PS. The van der Waals surface area contributed by atoms with Gasteiger partial charge in [0, 0.05) is 24.6 Å². The number of benzene rings is 2. The molecular weight excluding hydrogens is 423 g/mol. The fourth-order valence-electron chi connectivity index (χ4n) is 3.11. The molecule has 30 heavy (non-hydrogen) atoms. The SMILES string of the molecule is O=C1C(=NCc2ccc(OP(=O)(O)O)cc2)CSCCN1CCCc1ccccc1. The highest BCUT2D eigenvalue weighted by Crippen LogP contribution is 2.37.